The van der Waals surface area contributed by atoms with Gasteiger partial charge in [-0.05, 0) is 62.9 Å². The van der Waals surface area contributed by atoms with Crippen LogP contribution >= 0.6 is 12.4 Å². The Labute approximate surface area is 190 Å². The van der Waals surface area contributed by atoms with Gasteiger partial charge in [-0.2, -0.15) is 5.10 Å². The number of unbranched alkanes of at least 4 members (excludes halogenated alkanes) is 2. The molecule has 1 heterocycles. The van der Waals surface area contributed by atoms with Gasteiger partial charge in [-0.3, -0.25) is 4.79 Å². The fourth-order valence-corrected chi connectivity index (χ4v) is 4.42. The van der Waals surface area contributed by atoms with E-state index < -0.39 is 0 Å². The second-order valence-electron chi connectivity index (χ2n) is 8.37. The first-order chi connectivity index (χ1) is 14.8. The molecule has 2 aromatic carbocycles. The van der Waals surface area contributed by atoms with Gasteiger partial charge in [0.05, 0.1) is 11.1 Å². The number of halogens is 1. The lowest BCUT2D eigenvalue weighted by Gasteiger charge is -2.11. The highest BCUT2D eigenvalue weighted by molar-refractivity contribution is 5.94. The number of rotatable bonds is 10. The van der Waals surface area contributed by atoms with Crippen LogP contribution in [-0.4, -0.2) is 29.8 Å². The van der Waals surface area contributed by atoms with Gasteiger partial charge < -0.3 is 10.6 Å². The second kappa shape index (κ2) is 11.9. The summed E-state index contributed by atoms with van der Waals surface area (Å²) in [4.78, 5) is 12.0. The van der Waals surface area contributed by atoms with Crippen molar-refractivity contribution in [2.45, 2.75) is 44.9 Å². The monoisotopic (exact) mass is 440 g/mol. The maximum absolute atomic E-state index is 12.0. The van der Waals surface area contributed by atoms with Gasteiger partial charge in [-0.1, -0.05) is 49.6 Å². The standard InChI is InChI=1S/C25H32N4O.ClH/c30-25-23-14-5-4-13-22(23)24(28-29-25)20-11-8-12-21(17-20)27-16-7-1-6-15-26-18-19-9-2-3-10-19;/h4-5,8,11-14,17,19,26-27H,1-3,6-7,9-10,15-16,18H2,(H,29,30);1H. The molecule has 0 amide bonds. The molecular weight excluding hydrogens is 408 g/mol. The summed E-state index contributed by atoms with van der Waals surface area (Å²) >= 11 is 0. The van der Waals surface area contributed by atoms with Crippen molar-refractivity contribution >= 4 is 28.9 Å². The molecule has 0 bridgehead atoms. The minimum absolute atomic E-state index is 0. The first-order valence-corrected chi connectivity index (χ1v) is 11.3. The lowest BCUT2D eigenvalue weighted by molar-refractivity contribution is 0.481. The number of anilines is 1. The van der Waals surface area contributed by atoms with Gasteiger partial charge >= 0.3 is 0 Å². The van der Waals surface area contributed by atoms with E-state index in [1.807, 2.05) is 36.4 Å². The van der Waals surface area contributed by atoms with Gasteiger partial charge in [0.1, 0.15) is 0 Å². The molecule has 1 aliphatic rings. The number of hydrogen-bond acceptors (Lipinski definition) is 4. The number of hydrogen-bond donors (Lipinski definition) is 3. The van der Waals surface area contributed by atoms with E-state index in [2.05, 4.69) is 33.0 Å². The number of H-pyrrole nitrogens is 1. The Morgan fingerprint density at radius 2 is 1.71 bits per heavy atom. The van der Waals surface area contributed by atoms with Gasteiger partial charge in [-0.25, -0.2) is 5.10 Å². The van der Waals surface area contributed by atoms with Crippen LogP contribution in [0.4, 0.5) is 5.69 Å². The van der Waals surface area contributed by atoms with E-state index in [1.165, 1.54) is 45.1 Å². The zero-order chi connectivity index (χ0) is 20.6. The highest BCUT2D eigenvalue weighted by atomic mass is 35.5. The average molecular weight is 441 g/mol. The predicted molar refractivity (Wildman–Crippen MR) is 132 cm³/mol. The van der Waals surface area contributed by atoms with Crippen molar-refractivity contribution in [3.63, 3.8) is 0 Å². The summed E-state index contributed by atoms with van der Waals surface area (Å²) in [6.45, 7) is 3.31. The number of fused-ring (bicyclic) bond motifs is 1. The quantitative estimate of drug-likeness (QED) is 0.370. The Morgan fingerprint density at radius 3 is 2.55 bits per heavy atom. The topological polar surface area (TPSA) is 69.8 Å². The Kier molecular flexibility index (Phi) is 8.92. The minimum Gasteiger partial charge on any atom is -0.385 e. The number of benzene rings is 2. The number of nitrogens with zero attached hydrogens (tertiary/aromatic N) is 1. The third kappa shape index (κ3) is 6.31. The molecule has 4 rings (SSSR count). The van der Waals surface area contributed by atoms with Crippen molar-refractivity contribution in [1.29, 1.82) is 0 Å². The molecule has 0 atom stereocenters. The first-order valence-electron chi connectivity index (χ1n) is 11.3. The molecule has 0 radical (unpaired) electrons. The molecule has 0 aliphatic heterocycles. The summed E-state index contributed by atoms with van der Waals surface area (Å²) in [5, 5.41) is 15.6. The summed E-state index contributed by atoms with van der Waals surface area (Å²) in [6, 6.07) is 15.9. The van der Waals surface area contributed by atoms with Crippen LogP contribution in [0.1, 0.15) is 44.9 Å². The van der Waals surface area contributed by atoms with Crippen molar-refractivity contribution in [2.24, 2.45) is 5.92 Å². The summed E-state index contributed by atoms with van der Waals surface area (Å²) in [7, 11) is 0. The van der Waals surface area contributed by atoms with Gasteiger partial charge in [0.25, 0.3) is 5.56 Å². The van der Waals surface area contributed by atoms with Crippen LogP contribution in [0, 0.1) is 5.92 Å². The summed E-state index contributed by atoms with van der Waals surface area (Å²) in [5.41, 5.74) is 2.75. The van der Waals surface area contributed by atoms with Crippen LogP contribution < -0.4 is 16.2 Å². The van der Waals surface area contributed by atoms with Crippen molar-refractivity contribution in [3.05, 3.63) is 58.9 Å². The molecule has 0 unspecified atom stereocenters. The summed E-state index contributed by atoms with van der Waals surface area (Å²) in [6.07, 6.45) is 9.31. The number of aromatic amines is 1. The molecule has 6 heteroatoms. The summed E-state index contributed by atoms with van der Waals surface area (Å²) < 4.78 is 0. The number of nitrogens with one attached hydrogen (secondary N) is 3. The van der Waals surface area contributed by atoms with E-state index in [1.54, 1.807) is 0 Å². The smallest absolute Gasteiger partial charge is 0.272 e. The zero-order valence-corrected chi connectivity index (χ0v) is 18.8. The fraction of sp³-hybridized carbons (Fsp3) is 0.440. The number of aromatic nitrogens is 2. The summed E-state index contributed by atoms with van der Waals surface area (Å²) in [5.74, 6) is 0.924. The molecule has 0 saturated heterocycles. The lowest BCUT2D eigenvalue weighted by atomic mass is 10.0. The van der Waals surface area contributed by atoms with Crippen molar-refractivity contribution < 1.29 is 0 Å². The molecule has 1 aliphatic carbocycles. The maximum atomic E-state index is 12.0. The van der Waals surface area contributed by atoms with E-state index in [9.17, 15) is 4.79 Å². The predicted octanol–water partition coefficient (Wildman–Crippen LogP) is 5.37. The van der Waals surface area contributed by atoms with Crippen molar-refractivity contribution in [1.82, 2.24) is 15.5 Å². The third-order valence-electron chi connectivity index (χ3n) is 6.10. The van der Waals surface area contributed by atoms with E-state index in [4.69, 9.17) is 0 Å². The SMILES string of the molecule is Cl.O=c1[nH]nc(-c2cccc(NCCCCCNCC3CCCC3)c2)c2ccccc12. The van der Waals surface area contributed by atoms with Crippen molar-refractivity contribution in [2.75, 3.05) is 25.0 Å². The van der Waals surface area contributed by atoms with Crippen LogP contribution in [0.25, 0.3) is 22.0 Å². The average Bonchev–Trinajstić information content (AvgIpc) is 3.30. The molecule has 166 valence electrons. The Morgan fingerprint density at radius 1 is 0.935 bits per heavy atom. The first kappa shape index (κ1) is 23.3. The van der Waals surface area contributed by atoms with Crippen LogP contribution in [0.2, 0.25) is 0 Å². The van der Waals surface area contributed by atoms with Crippen LogP contribution in [-0.2, 0) is 0 Å². The molecule has 3 aromatic rings. The Balaban J connectivity index is 0.00000272. The molecule has 31 heavy (non-hydrogen) atoms. The highest BCUT2D eigenvalue weighted by Crippen LogP contribution is 2.26. The van der Waals surface area contributed by atoms with E-state index in [0.29, 0.717) is 5.39 Å². The van der Waals surface area contributed by atoms with Crippen LogP contribution in [0.5, 0.6) is 0 Å². The molecule has 3 N–H and O–H groups in total. The molecule has 5 nitrogen and oxygen atoms in total. The third-order valence-corrected chi connectivity index (χ3v) is 6.10. The minimum atomic E-state index is -0.152. The van der Waals surface area contributed by atoms with E-state index in [0.717, 1.165) is 47.8 Å². The maximum Gasteiger partial charge on any atom is 0.272 e. The molecule has 1 fully saturated rings. The second-order valence-corrected chi connectivity index (χ2v) is 8.37. The Bertz CT molecular complexity index is 1010. The van der Waals surface area contributed by atoms with E-state index >= 15 is 0 Å². The van der Waals surface area contributed by atoms with Gasteiger partial charge in [0, 0.05) is 23.2 Å². The molecule has 1 aromatic heterocycles. The van der Waals surface area contributed by atoms with Crippen molar-refractivity contribution in [3.8, 4) is 11.3 Å². The van der Waals surface area contributed by atoms with Gasteiger partial charge in [0.2, 0.25) is 0 Å². The largest absolute Gasteiger partial charge is 0.385 e. The Hall–Kier alpha value is -2.37. The normalized spacial score (nSPS) is 13.9. The van der Waals surface area contributed by atoms with Crippen LogP contribution in [0.15, 0.2) is 53.3 Å². The fourth-order valence-electron chi connectivity index (χ4n) is 4.42. The van der Waals surface area contributed by atoms with Gasteiger partial charge in [-0.15, -0.1) is 12.4 Å². The molecule has 0 spiro atoms. The zero-order valence-electron chi connectivity index (χ0n) is 18.0. The highest BCUT2D eigenvalue weighted by Gasteiger charge is 2.13. The molecular formula is C25H33ClN4O. The van der Waals surface area contributed by atoms with Gasteiger partial charge in [0.15, 0.2) is 0 Å². The molecule has 1 saturated carbocycles. The van der Waals surface area contributed by atoms with Crippen LogP contribution in [0.3, 0.4) is 0 Å². The lowest BCUT2D eigenvalue weighted by Crippen LogP contribution is -2.22. The van der Waals surface area contributed by atoms with E-state index in [-0.39, 0.29) is 18.0 Å².